The van der Waals surface area contributed by atoms with E-state index in [0.29, 0.717) is 0 Å². The van der Waals surface area contributed by atoms with Crippen LogP contribution in [0.15, 0.2) is 41.9 Å². The molecule has 0 aliphatic heterocycles. The van der Waals surface area contributed by atoms with Crippen molar-refractivity contribution < 1.29 is 0 Å². The van der Waals surface area contributed by atoms with Crippen LogP contribution < -0.4 is 0 Å². The fourth-order valence-corrected chi connectivity index (χ4v) is 3.69. The van der Waals surface area contributed by atoms with Gasteiger partial charge in [0.25, 0.3) is 0 Å². The third kappa shape index (κ3) is 4.47. The molecule has 0 aliphatic rings. The van der Waals surface area contributed by atoms with Gasteiger partial charge in [-0.05, 0) is 62.1 Å². The first-order chi connectivity index (χ1) is 11.3. The van der Waals surface area contributed by atoms with E-state index >= 15 is 0 Å². The molecule has 1 nitrogen and oxygen atoms in total. The molecule has 24 heavy (non-hydrogen) atoms. The Hall–Kier alpha value is -1.63. The van der Waals surface area contributed by atoms with Crippen molar-refractivity contribution >= 4 is 11.3 Å². The van der Waals surface area contributed by atoms with Crippen LogP contribution in [0.5, 0.6) is 0 Å². The summed E-state index contributed by atoms with van der Waals surface area (Å²) < 4.78 is 0. The van der Waals surface area contributed by atoms with E-state index in [4.69, 9.17) is 0 Å². The molecule has 0 spiro atoms. The van der Waals surface area contributed by atoms with Crippen molar-refractivity contribution in [3.05, 3.63) is 53.6 Å². The molecule has 0 saturated heterocycles. The van der Waals surface area contributed by atoms with Gasteiger partial charge in [0, 0.05) is 18.3 Å². The molecule has 0 aliphatic carbocycles. The van der Waals surface area contributed by atoms with Crippen molar-refractivity contribution in [1.82, 2.24) is 0 Å². The van der Waals surface area contributed by atoms with Crippen LogP contribution in [0.2, 0.25) is 0 Å². The highest BCUT2D eigenvalue weighted by molar-refractivity contribution is 6.02. The van der Waals surface area contributed by atoms with Gasteiger partial charge in [0.2, 0.25) is 0 Å². The second-order valence-electron chi connectivity index (χ2n) is 6.99. The Morgan fingerprint density at radius 3 is 2.12 bits per heavy atom. The lowest BCUT2D eigenvalue weighted by Gasteiger charge is -2.34. The van der Waals surface area contributed by atoms with Gasteiger partial charge in [0.05, 0.1) is 0 Å². The predicted octanol–water partition coefficient (Wildman–Crippen LogP) is 6.86. The fraction of sp³-hybridized carbons (Fsp3) is 0.522. The summed E-state index contributed by atoms with van der Waals surface area (Å²) in [5.41, 5.74) is 7.50. The van der Waals surface area contributed by atoms with Crippen LogP contribution in [0.25, 0.3) is 5.57 Å². The Morgan fingerprint density at radius 1 is 1.04 bits per heavy atom. The van der Waals surface area contributed by atoms with Crippen molar-refractivity contribution in [2.24, 2.45) is 10.4 Å². The lowest BCUT2D eigenvalue weighted by atomic mass is 9.71. The molecule has 1 aromatic carbocycles. The van der Waals surface area contributed by atoms with E-state index in [1.807, 2.05) is 7.05 Å². The van der Waals surface area contributed by atoms with Gasteiger partial charge < -0.3 is 0 Å². The monoisotopic (exact) mass is 325 g/mol. The molecule has 1 aromatic rings. The molecule has 0 saturated carbocycles. The molecule has 0 heterocycles. The molecule has 132 valence electrons. The lowest BCUT2D eigenvalue weighted by Crippen LogP contribution is -2.22. The largest absolute Gasteiger partial charge is 0.293 e. The summed E-state index contributed by atoms with van der Waals surface area (Å²) in [7, 11) is 1.85. The quantitative estimate of drug-likeness (QED) is 0.347. The van der Waals surface area contributed by atoms with Crippen molar-refractivity contribution in [2.45, 2.75) is 66.7 Å². The van der Waals surface area contributed by atoms with E-state index < -0.39 is 0 Å². The average molecular weight is 326 g/mol. The first-order valence-electron chi connectivity index (χ1n) is 9.26. The number of allylic oxidation sites excluding steroid dienone is 2. The number of rotatable bonds is 9. The molecule has 0 unspecified atom stereocenters. The summed E-state index contributed by atoms with van der Waals surface area (Å²) in [6.07, 6.45) is 5.72. The molecule has 1 heteroatoms. The molecule has 0 amide bonds. The van der Waals surface area contributed by atoms with Gasteiger partial charge in [-0.15, -0.1) is 0 Å². The summed E-state index contributed by atoms with van der Waals surface area (Å²) in [5, 5.41) is 0. The van der Waals surface area contributed by atoms with Crippen LogP contribution in [0.4, 0.5) is 0 Å². The van der Waals surface area contributed by atoms with Crippen molar-refractivity contribution in [3.63, 3.8) is 0 Å². The Labute approximate surface area is 149 Å². The first-order valence-corrected chi connectivity index (χ1v) is 9.26. The van der Waals surface area contributed by atoms with Crippen LogP contribution >= 0.6 is 0 Å². The van der Waals surface area contributed by atoms with Crippen LogP contribution in [0.3, 0.4) is 0 Å². The average Bonchev–Trinajstić information content (AvgIpc) is 2.58. The zero-order valence-electron chi connectivity index (χ0n) is 16.6. The van der Waals surface area contributed by atoms with Crippen molar-refractivity contribution in [1.29, 1.82) is 0 Å². The predicted molar refractivity (Wildman–Crippen MR) is 110 cm³/mol. The maximum absolute atomic E-state index is 4.49. The molecule has 0 aromatic heterocycles. The van der Waals surface area contributed by atoms with E-state index in [0.717, 1.165) is 17.7 Å². The summed E-state index contributed by atoms with van der Waals surface area (Å²) in [6.45, 7) is 19.6. The van der Waals surface area contributed by atoms with Crippen LogP contribution in [0.1, 0.15) is 77.0 Å². The molecule has 0 bridgehead atoms. The number of hydrogen-bond donors (Lipinski definition) is 0. The van der Waals surface area contributed by atoms with Gasteiger partial charge in [0.1, 0.15) is 0 Å². The highest BCUT2D eigenvalue weighted by Crippen LogP contribution is 2.40. The van der Waals surface area contributed by atoms with Crippen LogP contribution in [0, 0.1) is 5.41 Å². The summed E-state index contributed by atoms with van der Waals surface area (Å²) in [6, 6.07) is 6.69. The van der Waals surface area contributed by atoms with E-state index in [1.54, 1.807) is 0 Å². The fourth-order valence-electron chi connectivity index (χ4n) is 3.69. The van der Waals surface area contributed by atoms with Gasteiger partial charge in [0.15, 0.2) is 0 Å². The highest BCUT2D eigenvalue weighted by atomic mass is 14.7. The third-order valence-corrected chi connectivity index (χ3v) is 5.52. The molecule has 0 N–H and O–H groups in total. The van der Waals surface area contributed by atoms with Gasteiger partial charge >= 0.3 is 0 Å². The molecular formula is C23H35N. The number of aliphatic imine (C=N–C) groups is 1. The zero-order valence-corrected chi connectivity index (χ0v) is 16.6. The molecule has 0 fully saturated rings. The van der Waals surface area contributed by atoms with E-state index in [9.17, 15) is 0 Å². The van der Waals surface area contributed by atoms with Crippen molar-refractivity contribution in [2.75, 3.05) is 7.05 Å². The van der Waals surface area contributed by atoms with Crippen LogP contribution in [-0.4, -0.2) is 12.8 Å². The minimum atomic E-state index is 0.274. The second kappa shape index (κ2) is 9.01. The topological polar surface area (TPSA) is 12.4 Å². The minimum absolute atomic E-state index is 0.274. The van der Waals surface area contributed by atoms with Crippen LogP contribution in [-0.2, 0) is 6.42 Å². The maximum atomic E-state index is 4.49. The first kappa shape index (κ1) is 20.4. The standard InChI is InChI=1S/C23H35N/c1-9-14-23(10-2,11-3)18(6)15-20-12-13-21(17(4)5)22(16-20)19(7)24-8/h12-13,16H,4,6,9-11,14-15H2,1-3,5,7-8H3/b24-19-. The normalized spacial score (nSPS) is 12.3. The van der Waals surface area contributed by atoms with Crippen molar-refractivity contribution in [3.8, 4) is 0 Å². The highest BCUT2D eigenvalue weighted by Gasteiger charge is 2.28. The zero-order chi connectivity index (χ0) is 18.3. The molecule has 0 atom stereocenters. The molecular weight excluding hydrogens is 290 g/mol. The Morgan fingerprint density at radius 2 is 1.67 bits per heavy atom. The summed E-state index contributed by atoms with van der Waals surface area (Å²) >= 11 is 0. The van der Waals surface area contributed by atoms with E-state index in [2.05, 4.69) is 71.0 Å². The SMILES string of the molecule is C=C(C)c1ccc(CC(=C)C(CC)(CC)CCC)cc1/C(C)=N\C. The number of nitrogens with zero attached hydrogens (tertiary/aromatic N) is 1. The lowest BCUT2D eigenvalue weighted by molar-refractivity contribution is 0.293. The Balaban J connectivity index is 3.20. The number of hydrogen-bond acceptors (Lipinski definition) is 1. The van der Waals surface area contributed by atoms with Gasteiger partial charge in [-0.2, -0.15) is 0 Å². The summed E-state index contributed by atoms with van der Waals surface area (Å²) in [5.74, 6) is 0. The molecule has 1 rings (SSSR count). The Bertz CT molecular complexity index is 615. The third-order valence-electron chi connectivity index (χ3n) is 5.52. The van der Waals surface area contributed by atoms with E-state index in [-0.39, 0.29) is 5.41 Å². The summed E-state index contributed by atoms with van der Waals surface area (Å²) in [4.78, 5) is 4.39. The van der Waals surface area contributed by atoms with Gasteiger partial charge in [-0.3, -0.25) is 4.99 Å². The molecule has 0 radical (unpaired) electrons. The van der Waals surface area contributed by atoms with Gasteiger partial charge in [-0.25, -0.2) is 0 Å². The van der Waals surface area contributed by atoms with E-state index in [1.165, 1.54) is 47.9 Å². The minimum Gasteiger partial charge on any atom is -0.293 e. The second-order valence-corrected chi connectivity index (χ2v) is 6.99. The van der Waals surface area contributed by atoms with Gasteiger partial charge in [-0.1, -0.05) is 63.6 Å². The smallest absolute Gasteiger partial charge is 0.0392 e. The Kier molecular flexibility index (Phi) is 7.66. The maximum Gasteiger partial charge on any atom is 0.0392 e. The number of benzene rings is 1.